The molecule has 3 rings (SSSR count). The molecule has 0 fully saturated rings. The topological polar surface area (TPSA) is 103 Å². The lowest BCUT2D eigenvalue weighted by Gasteiger charge is -2.17. The van der Waals surface area contributed by atoms with Crippen LogP contribution in [-0.2, 0) is 14.8 Å². The molecule has 1 atom stereocenters. The molecule has 0 spiro atoms. The SMILES string of the molecule is COc1ccc(C(C)NC(=O)COc2ccc(S(=O)(=O)Nc3ccc(C)c(C)c3)cc2C)cc1OC. The van der Waals surface area contributed by atoms with Gasteiger partial charge in [-0.25, -0.2) is 8.42 Å². The standard InChI is InChI=1S/C27H32N2O6S/c1-17-7-9-22(13-18(17)2)29-36(31,32)23-10-12-24(19(3)14-23)35-16-27(30)28-20(4)21-8-11-25(33-5)26(15-21)34-6/h7-15,20,29H,16H2,1-6H3,(H,28,30). The summed E-state index contributed by atoms with van der Waals surface area (Å²) in [5.74, 6) is 1.29. The number of benzene rings is 3. The Hall–Kier alpha value is -3.72. The maximum Gasteiger partial charge on any atom is 0.261 e. The van der Waals surface area contributed by atoms with E-state index in [0.717, 1.165) is 16.7 Å². The maximum absolute atomic E-state index is 12.8. The fraction of sp³-hybridized carbons (Fsp3) is 0.296. The normalized spacial score (nSPS) is 11.9. The fourth-order valence-corrected chi connectivity index (χ4v) is 4.74. The van der Waals surface area contributed by atoms with Crippen molar-refractivity contribution in [1.82, 2.24) is 5.32 Å². The lowest BCUT2D eigenvalue weighted by molar-refractivity contribution is -0.123. The minimum atomic E-state index is -3.77. The number of aryl methyl sites for hydroxylation is 3. The molecule has 9 heteroatoms. The molecule has 0 aromatic heterocycles. The van der Waals surface area contributed by atoms with Crippen LogP contribution < -0.4 is 24.2 Å². The van der Waals surface area contributed by atoms with Crippen molar-refractivity contribution in [3.63, 3.8) is 0 Å². The van der Waals surface area contributed by atoms with Crippen molar-refractivity contribution in [2.24, 2.45) is 0 Å². The smallest absolute Gasteiger partial charge is 0.261 e. The summed E-state index contributed by atoms with van der Waals surface area (Å²) < 4.78 is 44.5. The van der Waals surface area contributed by atoms with Crippen LogP contribution in [0.3, 0.4) is 0 Å². The van der Waals surface area contributed by atoms with Gasteiger partial charge in [0.1, 0.15) is 5.75 Å². The summed E-state index contributed by atoms with van der Waals surface area (Å²) in [6.07, 6.45) is 0. The fourth-order valence-electron chi connectivity index (χ4n) is 3.60. The van der Waals surface area contributed by atoms with Crippen LogP contribution in [0.5, 0.6) is 17.2 Å². The molecule has 3 aromatic carbocycles. The van der Waals surface area contributed by atoms with Gasteiger partial charge in [-0.05, 0) is 92.4 Å². The molecule has 3 aromatic rings. The van der Waals surface area contributed by atoms with Crippen LogP contribution in [0.4, 0.5) is 5.69 Å². The second-order valence-electron chi connectivity index (χ2n) is 8.52. The van der Waals surface area contributed by atoms with Gasteiger partial charge in [-0.3, -0.25) is 9.52 Å². The van der Waals surface area contributed by atoms with Gasteiger partial charge >= 0.3 is 0 Å². The van der Waals surface area contributed by atoms with Gasteiger partial charge in [0.05, 0.1) is 25.2 Å². The van der Waals surface area contributed by atoms with E-state index in [0.29, 0.717) is 28.5 Å². The van der Waals surface area contributed by atoms with Gasteiger partial charge in [0, 0.05) is 5.69 Å². The zero-order valence-electron chi connectivity index (χ0n) is 21.3. The maximum atomic E-state index is 12.8. The molecule has 2 N–H and O–H groups in total. The van der Waals surface area contributed by atoms with E-state index in [1.807, 2.05) is 32.9 Å². The number of methoxy groups -OCH3 is 2. The Balaban J connectivity index is 1.62. The van der Waals surface area contributed by atoms with Crippen LogP contribution in [0.1, 0.15) is 35.2 Å². The number of carbonyl (C=O) groups excluding carboxylic acids is 1. The van der Waals surface area contributed by atoms with Gasteiger partial charge in [-0.15, -0.1) is 0 Å². The molecule has 8 nitrogen and oxygen atoms in total. The zero-order chi connectivity index (χ0) is 26.5. The van der Waals surface area contributed by atoms with Crippen molar-refractivity contribution in [2.45, 2.75) is 38.6 Å². The lowest BCUT2D eigenvalue weighted by Crippen LogP contribution is -2.31. The van der Waals surface area contributed by atoms with Gasteiger partial charge in [0.2, 0.25) is 0 Å². The molecule has 1 unspecified atom stereocenters. The van der Waals surface area contributed by atoms with E-state index in [1.165, 1.54) is 12.1 Å². The van der Waals surface area contributed by atoms with E-state index in [4.69, 9.17) is 14.2 Å². The highest BCUT2D eigenvalue weighted by Gasteiger charge is 2.17. The summed E-state index contributed by atoms with van der Waals surface area (Å²) in [6.45, 7) is 7.26. The van der Waals surface area contributed by atoms with E-state index in [1.54, 1.807) is 51.5 Å². The summed E-state index contributed by atoms with van der Waals surface area (Å²) in [4.78, 5) is 12.6. The van der Waals surface area contributed by atoms with Crippen molar-refractivity contribution in [1.29, 1.82) is 0 Å². The predicted molar refractivity (Wildman–Crippen MR) is 140 cm³/mol. The molecule has 0 heterocycles. The van der Waals surface area contributed by atoms with E-state index in [9.17, 15) is 13.2 Å². The number of amides is 1. The third kappa shape index (κ3) is 6.48. The summed E-state index contributed by atoms with van der Waals surface area (Å²) >= 11 is 0. The number of ether oxygens (including phenoxy) is 3. The molecule has 0 saturated heterocycles. The summed E-state index contributed by atoms with van der Waals surface area (Å²) in [6, 6.07) is 15.1. The first-order chi connectivity index (χ1) is 17.0. The summed E-state index contributed by atoms with van der Waals surface area (Å²) in [5, 5.41) is 2.88. The summed E-state index contributed by atoms with van der Waals surface area (Å²) in [5.41, 5.74) is 4.02. The molecular formula is C27H32N2O6S. The Bertz CT molecular complexity index is 1350. The zero-order valence-corrected chi connectivity index (χ0v) is 22.2. The van der Waals surface area contributed by atoms with Crippen LogP contribution in [0.25, 0.3) is 0 Å². The second-order valence-corrected chi connectivity index (χ2v) is 10.2. The van der Waals surface area contributed by atoms with Crippen molar-refractivity contribution in [3.05, 3.63) is 76.9 Å². The number of rotatable bonds is 10. The van der Waals surface area contributed by atoms with Gasteiger partial charge in [0.15, 0.2) is 18.1 Å². The molecule has 0 aliphatic rings. The molecule has 0 saturated carbocycles. The van der Waals surface area contributed by atoms with Crippen LogP contribution in [-0.4, -0.2) is 35.2 Å². The summed E-state index contributed by atoms with van der Waals surface area (Å²) in [7, 11) is -0.661. The lowest BCUT2D eigenvalue weighted by atomic mass is 10.1. The van der Waals surface area contributed by atoms with Crippen LogP contribution in [0.15, 0.2) is 59.5 Å². The third-order valence-electron chi connectivity index (χ3n) is 5.86. The molecule has 36 heavy (non-hydrogen) atoms. The average molecular weight is 513 g/mol. The number of anilines is 1. The van der Waals surface area contributed by atoms with Gasteiger partial charge in [-0.2, -0.15) is 0 Å². The molecule has 1 amide bonds. The first-order valence-electron chi connectivity index (χ1n) is 11.4. The van der Waals surface area contributed by atoms with Crippen molar-refractivity contribution in [3.8, 4) is 17.2 Å². The monoisotopic (exact) mass is 512 g/mol. The number of hydrogen-bond acceptors (Lipinski definition) is 6. The number of nitrogens with one attached hydrogen (secondary N) is 2. The van der Waals surface area contributed by atoms with Gasteiger partial charge in [0.25, 0.3) is 15.9 Å². The van der Waals surface area contributed by atoms with Crippen molar-refractivity contribution < 1.29 is 27.4 Å². The average Bonchev–Trinajstić information content (AvgIpc) is 2.84. The Labute approximate surface area is 212 Å². The second kappa shape index (κ2) is 11.3. The van der Waals surface area contributed by atoms with Crippen molar-refractivity contribution in [2.75, 3.05) is 25.5 Å². The molecule has 0 aliphatic heterocycles. The molecule has 0 aliphatic carbocycles. The highest BCUT2D eigenvalue weighted by Crippen LogP contribution is 2.30. The van der Waals surface area contributed by atoms with Crippen LogP contribution in [0.2, 0.25) is 0 Å². The Kier molecular flexibility index (Phi) is 8.47. The largest absolute Gasteiger partial charge is 0.493 e. The minimum Gasteiger partial charge on any atom is -0.493 e. The Morgan fingerprint density at radius 1 is 0.833 bits per heavy atom. The van der Waals surface area contributed by atoms with Crippen LogP contribution >= 0.6 is 0 Å². The van der Waals surface area contributed by atoms with E-state index in [-0.39, 0.29) is 23.5 Å². The van der Waals surface area contributed by atoms with E-state index >= 15 is 0 Å². The predicted octanol–water partition coefficient (Wildman–Crippen LogP) is 4.69. The minimum absolute atomic E-state index is 0.108. The molecule has 0 bridgehead atoms. The van der Waals surface area contributed by atoms with Gasteiger partial charge in [-0.1, -0.05) is 12.1 Å². The van der Waals surface area contributed by atoms with Crippen LogP contribution in [0, 0.1) is 20.8 Å². The number of sulfonamides is 1. The molecule has 192 valence electrons. The first kappa shape index (κ1) is 26.9. The number of hydrogen-bond donors (Lipinski definition) is 2. The van der Waals surface area contributed by atoms with Crippen molar-refractivity contribution >= 4 is 21.6 Å². The quantitative estimate of drug-likeness (QED) is 0.409. The highest BCUT2D eigenvalue weighted by molar-refractivity contribution is 7.92. The van der Waals surface area contributed by atoms with E-state index < -0.39 is 10.0 Å². The number of carbonyl (C=O) groups is 1. The third-order valence-corrected chi connectivity index (χ3v) is 7.24. The molecular weight excluding hydrogens is 480 g/mol. The Morgan fingerprint density at radius 3 is 2.17 bits per heavy atom. The first-order valence-corrected chi connectivity index (χ1v) is 12.9. The molecule has 0 radical (unpaired) electrons. The van der Waals surface area contributed by atoms with Gasteiger partial charge < -0.3 is 19.5 Å². The Morgan fingerprint density at radius 2 is 1.53 bits per heavy atom. The highest BCUT2D eigenvalue weighted by atomic mass is 32.2. The van der Waals surface area contributed by atoms with E-state index in [2.05, 4.69) is 10.0 Å².